The molecule has 0 fully saturated rings. The van der Waals surface area contributed by atoms with Crippen LogP contribution in [0.2, 0.25) is 0 Å². The zero-order valence-electron chi connectivity index (χ0n) is 51.0. The number of rotatable bonds is 64. The fourth-order valence-electron chi connectivity index (χ4n) is 10.1. The van der Waals surface area contributed by atoms with Crippen molar-refractivity contribution in [2.45, 2.75) is 354 Å². The molecule has 0 heterocycles. The summed E-state index contributed by atoms with van der Waals surface area (Å²) < 4.78 is 33.2. The van der Waals surface area contributed by atoms with Crippen molar-refractivity contribution in [2.24, 2.45) is 5.73 Å². The smallest absolute Gasteiger partial charge is 0.462 e. The zero-order chi connectivity index (χ0) is 55.9. The second-order valence-electron chi connectivity index (χ2n) is 22.7. The number of nitrogens with two attached hydrogens (primary N) is 1. The molecule has 0 aliphatic heterocycles. The van der Waals surface area contributed by atoms with Crippen LogP contribution in [0.3, 0.4) is 0 Å². The second kappa shape index (κ2) is 63.4. The van der Waals surface area contributed by atoms with Gasteiger partial charge in [-0.05, 0) is 51.4 Å². The van der Waals surface area contributed by atoms with Crippen LogP contribution in [0, 0.1) is 0 Å². The highest BCUT2D eigenvalue weighted by Crippen LogP contribution is 2.43. The monoisotopic (exact) mass is 1110 g/mol. The molecule has 0 aliphatic rings. The number of ether oxygens (including phenoxy) is 2. The third kappa shape index (κ3) is 63.3. The molecule has 9 nitrogen and oxygen atoms in total. The van der Waals surface area contributed by atoms with Crippen LogP contribution in [-0.2, 0) is 32.7 Å². The van der Waals surface area contributed by atoms with Gasteiger partial charge in [0.25, 0.3) is 0 Å². The highest BCUT2D eigenvalue weighted by Gasteiger charge is 2.26. The second-order valence-corrected chi connectivity index (χ2v) is 24.2. The van der Waals surface area contributed by atoms with Gasteiger partial charge in [0.05, 0.1) is 13.2 Å². The molecule has 0 bridgehead atoms. The predicted octanol–water partition coefficient (Wildman–Crippen LogP) is 21.5. The van der Waals surface area contributed by atoms with Crippen molar-refractivity contribution in [3.8, 4) is 0 Å². The standard InChI is InChI=1S/C67H128NO8P/c1-3-5-7-9-11-13-15-17-19-21-23-25-27-29-31-32-34-35-37-39-41-43-45-47-49-51-53-55-57-59-66(69)73-63-65(64-75-77(71,72)74-62-61-68)76-67(70)60-58-56-54-52-50-48-46-44-42-40-38-36-33-30-28-26-24-22-20-18-16-14-12-10-8-6-4-2/h16,18,22,24,28,30,65H,3-15,17,19-21,23,25-27,29,31-64,68H2,1-2H3,(H,71,72)/b18-16-,24-22-,30-28-. The van der Waals surface area contributed by atoms with Crippen LogP contribution in [0.1, 0.15) is 348 Å². The van der Waals surface area contributed by atoms with Gasteiger partial charge in [-0.1, -0.05) is 320 Å². The van der Waals surface area contributed by atoms with Gasteiger partial charge in [-0.3, -0.25) is 18.6 Å². The maximum atomic E-state index is 12.7. The SMILES string of the molecule is CCCCCCC/C=C\C/C=C\C/C=C\CCCCCCCCCCCCCCC(=O)OC(COC(=O)CCCCCCCCCCCCCCCCCCCCCCCCCCCCCCC)COP(=O)(O)OCCN. The van der Waals surface area contributed by atoms with Gasteiger partial charge in [-0.15, -0.1) is 0 Å². The third-order valence-corrected chi connectivity index (χ3v) is 16.0. The summed E-state index contributed by atoms with van der Waals surface area (Å²) in [5.41, 5.74) is 5.40. The minimum absolute atomic E-state index is 0.0548. The summed E-state index contributed by atoms with van der Waals surface area (Å²) in [6.45, 7) is 3.80. The molecule has 3 N–H and O–H groups in total. The van der Waals surface area contributed by atoms with E-state index in [9.17, 15) is 19.0 Å². The van der Waals surface area contributed by atoms with E-state index >= 15 is 0 Å². The van der Waals surface area contributed by atoms with E-state index in [0.29, 0.717) is 6.42 Å². The average Bonchev–Trinajstić information content (AvgIpc) is 3.42. The van der Waals surface area contributed by atoms with Crippen molar-refractivity contribution < 1.29 is 37.6 Å². The molecule has 10 heteroatoms. The number of carbonyl (C=O) groups excluding carboxylic acids is 2. The normalized spacial score (nSPS) is 13.1. The Labute approximate surface area is 477 Å². The van der Waals surface area contributed by atoms with Crippen LogP contribution in [-0.4, -0.2) is 49.3 Å². The summed E-state index contributed by atoms with van der Waals surface area (Å²) in [6, 6.07) is 0. The molecule has 0 aromatic rings. The summed E-state index contributed by atoms with van der Waals surface area (Å²) in [5, 5.41) is 0. The van der Waals surface area contributed by atoms with Gasteiger partial charge in [0.1, 0.15) is 6.61 Å². The quantitative estimate of drug-likeness (QED) is 0.0264. The lowest BCUT2D eigenvalue weighted by Gasteiger charge is -2.19. The van der Waals surface area contributed by atoms with Crippen LogP contribution < -0.4 is 5.73 Å². The minimum atomic E-state index is -4.39. The van der Waals surface area contributed by atoms with Gasteiger partial charge >= 0.3 is 19.8 Å². The molecule has 0 aliphatic carbocycles. The molecular weight excluding hydrogens is 978 g/mol. The summed E-state index contributed by atoms with van der Waals surface area (Å²) in [6.07, 6.45) is 78.0. The summed E-state index contributed by atoms with van der Waals surface area (Å²) in [5.74, 6) is -0.811. The Morgan fingerprint density at radius 1 is 0.390 bits per heavy atom. The molecule has 0 rings (SSSR count). The molecular formula is C67H128NO8P. The molecule has 454 valence electrons. The number of allylic oxidation sites excluding steroid dienone is 6. The molecule has 2 unspecified atom stereocenters. The molecule has 0 saturated carbocycles. The van der Waals surface area contributed by atoms with E-state index in [2.05, 4.69) is 50.3 Å². The highest BCUT2D eigenvalue weighted by atomic mass is 31.2. The Kier molecular flexibility index (Phi) is 62.0. The Morgan fingerprint density at radius 3 is 1.00 bits per heavy atom. The van der Waals surface area contributed by atoms with E-state index in [1.54, 1.807) is 0 Å². The topological polar surface area (TPSA) is 134 Å². The molecule has 0 spiro atoms. The van der Waals surface area contributed by atoms with Crippen LogP contribution in [0.25, 0.3) is 0 Å². The number of unbranched alkanes of at least 4 members (excludes halogenated alkanes) is 45. The minimum Gasteiger partial charge on any atom is -0.462 e. The molecule has 0 aromatic heterocycles. The summed E-state index contributed by atoms with van der Waals surface area (Å²) in [4.78, 5) is 35.3. The first kappa shape index (κ1) is 75.2. The van der Waals surface area contributed by atoms with E-state index < -0.39 is 26.5 Å². The van der Waals surface area contributed by atoms with Crippen LogP contribution in [0.5, 0.6) is 0 Å². The van der Waals surface area contributed by atoms with Crippen molar-refractivity contribution in [1.29, 1.82) is 0 Å². The van der Waals surface area contributed by atoms with Gasteiger partial charge in [-0.25, -0.2) is 4.57 Å². The number of hydrogen-bond donors (Lipinski definition) is 2. The van der Waals surface area contributed by atoms with E-state index in [-0.39, 0.29) is 38.6 Å². The average molecular weight is 1110 g/mol. The predicted molar refractivity (Wildman–Crippen MR) is 330 cm³/mol. The van der Waals surface area contributed by atoms with Crippen LogP contribution in [0.15, 0.2) is 36.5 Å². The molecule has 0 saturated heterocycles. The van der Waals surface area contributed by atoms with Gasteiger partial charge < -0.3 is 20.1 Å². The van der Waals surface area contributed by atoms with Gasteiger partial charge in [0.2, 0.25) is 0 Å². The largest absolute Gasteiger partial charge is 0.472 e. The number of hydrogen-bond acceptors (Lipinski definition) is 8. The molecule has 77 heavy (non-hydrogen) atoms. The van der Waals surface area contributed by atoms with Gasteiger partial charge in [-0.2, -0.15) is 0 Å². The fourth-order valence-corrected chi connectivity index (χ4v) is 10.8. The molecule has 0 amide bonds. The lowest BCUT2D eigenvalue weighted by atomic mass is 10.0. The van der Waals surface area contributed by atoms with Crippen molar-refractivity contribution >= 4 is 19.8 Å². The van der Waals surface area contributed by atoms with Crippen molar-refractivity contribution in [2.75, 3.05) is 26.4 Å². The summed E-state index contributed by atoms with van der Waals surface area (Å²) >= 11 is 0. The van der Waals surface area contributed by atoms with Crippen molar-refractivity contribution in [1.82, 2.24) is 0 Å². The lowest BCUT2D eigenvalue weighted by molar-refractivity contribution is -0.161. The zero-order valence-corrected chi connectivity index (χ0v) is 51.9. The number of carbonyl (C=O) groups is 2. The van der Waals surface area contributed by atoms with Gasteiger partial charge in [0, 0.05) is 19.4 Å². The Hall–Kier alpha value is -1.77. The van der Waals surface area contributed by atoms with E-state index in [1.807, 2.05) is 0 Å². The Bertz CT molecular complexity index is 1350. The third-order valence-electron chi connectivity index (χ3n) is 15.0. The first-order valence-corrected chi connectivity index (χ1v) is 35.0. The maximum absolute atomic E-state index is 12.7. The summed E-state index contributed by atoms with van der Waals surface area (Å²) in [7, 11) is -4.39. The highest BCUT2D eigenvalue weighted by molar-refractivity contribution is 7.47. The first-order valence-electron chi connectivity index (χ1n) is 33.5. The Balaban J connectivity index is 3.86. The fraction of sp³-hybridized carbons (Fsp3) is 0.881. The van der Waals surface area contributed by atoms with Crippen molar-refractivity contribution in [3.63, 3.8) is 0 Å². The molecule has 0 radical (unpaired) electrons. The van der Waals surface area contributed by atoms with E-state index in [0.717, 1.165) is 51.4 Å². The van der Waals surface area contributed by atoms with Crippen LogP contribution in [0.4, 0.5) is 0 Å². The molecule has 2 atom stereocenters. The Morgan fingerprint density at radius 2 is 0.675 bits per heavy atom. The van der Waals surface area contributed by atoms with Crippen LogP contribution >= 0.6 is 7.82 Å². The molecule has 0 aromatic carbocycles. The number of phosphoric acid groups is 1. The maximum Gasteiger partial charge on any atom is 0.472 e. The lowest BCUT2D eigenvalue weighted by Crippen LogP contribution is -2.29. The van der Waals surface area contributed by atoms with Crippen molar-refractivity contribution in [3.05, 3.63) is 36.5 Å². The number of esters is 2. The van der Waals surface area contributed by atoms with E-state index in [1.165, 1.54) is 263 Å². The van der Waals surface area contributed by atoms with E-state index in [4.69, 9.17) is 24.3 Å². The number of phosphoric ester groups is 1. The first-order chi connectivity index (χ1) is 37.8. The van der Waals surface area contributed by atoms with Gasteiger partial charge in [0.15, 0.2) is 6.10 Å².